The van der Waals surface area contributed by atoms with Crippen molar-refractivity contribution < 1.29 is 21.2 Å². The minimum absolute atomic E-state index is 0.155. The summed E-state index contributed by atoms with van der Waals surface area (Å²) in [6.45, 7) is 0. The van der Waals surface area contributed by atoms with Gasteiger partial charge in [-0.05, 0) is 0 Å². The van der Waals surface area contributed by atoms with Gasteiger partial charge < -0.3 is 0 Å². The monoisotopic (exact) mass is 381 g/mol. The van der Waals surface area contributed by atoms with Gasteiger partial charge in [0, 0.05) is 0 Å². The molecule has 5 rings (SSSR count). The summed E-state index contributed by atoms with van der Waals surface area (Å²) in [4.78, 5) is 9.77. The van der Waals surface area contributed by atoms with Crippen LogP contribution < -0.4 is 21.2 Å². The maximum atomic E-state index is 4.89. The van der Waals surface area contributed by atoms with Gasteiger partial charge in [0.1, 0.15) is 0 Å². The maximum absolute atomic E-state index is 4.89. The summed E-state index contributed by atoms with van der Waals surface area (Å²) in [5.74, 6) is 0. The van der Waals surface area contributed by atoms with E-state index in [0.29, 0.717) is 0 Å². The van der Waals surface area contributed by atoms with Crippen LogP contribution in [0.4, 0.5) is 0 Å². The Hall–Kier alpha value is -2.01. The Bertz CT molecular complexity index is 958. The average molecular weight is 381 g/mol. The molecule has 0 unspecified atom stereocenters. The topological polar surface area (TPSA) is 25.8 Å². The molecule has 1 aromatic carbocycles. The van der Waals surface area contributed by atoms with Gasteiger partial charge in [-0.1, -0.05) is 0 Å². The zero-order valence-corrected chi connectivity index (χ0v) is 13.2. The molecule has 0 saturated carbocycles. The van der Waals surface area contributed by atoms with E-state index < -0.39 is 0 Å². The fraction of sp³-hybridized carbons (Fsp3) is 0. The molecule has 2 nitrogen and oxygen atoms in total. The van der Waals surface area contributed by atoms with E-state index in [1.165, 1.54) is 18.3 Å². The van der Waals surface area contributed by atoms with E-state index in [4.69, 9.17) is 9.97 Å². The van der Waals surface area contributed by atoms with Crippen LogP contribution in [-0.4, -0.2) is 9.97 Å². The molecule has 21 heavy (non-hydrogen) atoms. The second-order valence-electron chi connectivity index (χ2n) is 5.08. The van der Waals surface area contributed by atoms with Crippen LogP contribution in [0.2, 0.25) is 0 Å². The van der Waals surface area contributed by atoms with Crippen molar-refractivity contribution in [3.8, 4) is 0 Å². The van der Waals surface area contributed by atoms with E-state index in [0.717, 1.165) is 22.4 Å². The number of fused-ring (bicyclic) bond motifs is 5. The zero-order valence-electron chi connectivity index (χ0n) is 11.0. The van der Waals surface area contributed by atoms with Gasteiger partial charge in [-0.15, -0.1) is 0 Å². The van der Waals surface area contributed by atoms with Gasteiger partial charge in [0.05, 0.1) is 0 Å². The van der Waals surface area contributed by atoms with E-state index in [1.54, 1.807) is 0 Å². The van der Waals surface area contributed by atoms with Crippen molar-refractivity contribution in [2.24, 2.45) is 0 Å². The first-order valence-electron chi connectivity index (χ1n) is 6.84. The summed E-state index contributed by atoms with van der Waals surface area (Å²) >= 11 is -0.155. The SMILES string of the molecule is C1=CC2=CC=CC3=C([I-]2)C(=C1)c1nc2ccccc2nc13. The van der Waals surface area contributed by atoms with Crippen LogP contribution >= 0.6 is 0 Å². The number of para-hydroxylation sites is 2. The molecule has 0 fully saturated rings. The summed E-state index contributed by atoms with van der Waals surface area (Å²) < 4.78 is 2.91. The Labute approximate surface area is 132 Å². The summed E-state index contributed by atoms with van der Waals surface area (Å²) in [6, 6.07) is 8.11. The molecule has 3 aliphatic rings. The number of hydrogen-bond acceptors (Lipinski definition) is 2. The second kappa shape index (κ2) is 4.24. The number of nitrogens with zero attached hydrogens (tertiary/aromatic N) is 2. The first-order chi connectivity index (χ1) is 10.4. The number of aromatic nitrogens is 2. The molecular weight excluding hydrogens is 371 g/mol. The van der Waals surface area contributed by atoms with Crippen LogP contribution in [0.25, 0.3) is 22.2 Å². The molecule has 0 atom stereocenters. The van der Waals surface area contributed by atoms with Crippen LogP contribution in [0, 0.1) is 0 Å². The Morgan fingerprint density at radius 1 is 0.810 bits per heavy atom. The first kappa shape index (κ1) is 11.6. The van der Waals surface area contributed by atoms with E-state index >= 15 is 0 Å². The minimum atomic E-state index is -0.155. The number of rotatable bonds is 0. The van der Waals surface area contributed by atoms with Gasteiger partial charge in [-0.25, -0.2) is 0 Å². The third-order valence-electron chi connectivity index (χ3n) is 3.79. The van der Waals surface area contributed by atoms with Gasteiger partial charge in [-0.3, -0.25) is 0 Å². The molecule has 3 heteroatoms. The van der Waals surface area contributed by atoms with Crippen molar-refractivity contribution >= 4 is 22.2 Å². The number of benzene rings is 1. The third-order valence-corrected chi connectivity index (χ3v) is 6.84. The Balaban J connectivity index is 1.88. The summed E-state index contributed by atoms with van der Waals surface area (Å²) in [5, 5.41) is 0. The van der Waals surface area contributed by atoms with Crippen LogP contribution in [0.5, 0.6) is 0 Å². The fourth-order valence-electron chi connectivity index (χ4n) is 2.83. The van der Waals surface area contributed by atoms with Crippen LogP contribution in [-0.2, 0) is 0 Å². The van der Waals surface area contributed by atoms with Crippen LogP contribution in [0.1, 0.15) is 11.4 Å². The van der Waals surface area contributed by atoms with Gasteiger partial charge in [-0.2, -0.15) is 0 Å². The molecule has 3 heterocycles. The quantitative estimate of drug-likeness (QED) is 0.633. The molecule has 0 amide bonds. The molecule has 2 aromatic rings. The van der Waals surface area contributed by atoms with Gasteiger partial charge in [0.15, 0.2) is 0 Å². The summed E-state index contributed by atoms with van der Waals surface area (Å²) in [6.07, 6.45) is 13.2. The van der Waals surface area contributed by atoms with E-state index in [9.17, 15) is 0 Å². The van der Waals surface area contributed by atoms with Crippen molar-refractivity contribution in [2.45, 2.75) is 0 Å². The van der Waals surface area contributed by atoms with Crippen LogP contribution in [0.15, 0.2) is 67.9 Å². The molecule has 1 aliphatic carbocycles. The standard InChI is InChI=1S/C18H10IN2/c1-2-10-15-14(9-1)20-17-12-7-3-5-11-6-4-8-13(16(12)19-11)18(17)21-15/h1-10H/q-1. The van der Waals surface area contributed by atoms with E-state index in [1.807, 2.05) is 24.3 Å². The predicted octanol–water partition coefficient (Wildman–Crippen LogP) is 0.850. The third kappa shape index (κ3) is 1.64. The molecule has 0 saturated heterocycles. The molecule has 2 aliphatic heterocycles. The molecule has 1 aromatic heterocycles. The number of allylic oxidation sites excluding steroid dienone is 10. The molecule has 0 spiro atoms. The first-order valence-corrected chi connectivity index (χ1v) is 9.00. The Morgan fingerprint density at radius 3 is 2.43 bits per heavy atom. The molecule has 0 radical (unpaired) electrons. The number of hydrogen-bond donors (Lipinski definition) is 0. The molecular formula is C18H10IN2-. The molecule has 0 N–H and O–H groups in total. The van der Waals surface area contributed by atoms with Crippen molar-refractivity contribution in [3.63, 3.8) is 0 Å². The van der Waals surface area contributed by atoms with Crippen molar-refractivity contribution in [1.29, 1.82) is 0 Å². The Morgan fingerprint density at radius 2 is 1.57 bits per heavy atom. The summed E-state index contributed by atoms with van der Waals surface area (Å²) in [5.41, 5.74) is 6.60. The number of halogens is 1. The predicted molar refractivity (Wildman–Crippen MR) is 80.8 cm³/mol. The summed E-state index contributed by atoms with van der Waals surface area (Å²) in [7, 11) is 0. The average Bonchev–Trinajstić information content (AvgIpc) is 2.74. The molecule has 100 valence electrons. The van der Waals surface area contributed by atoms with Crippen molar-refractivity contribution in [1.82, 2.24) is 9.97 Å². The second-order valence-corrected chi connectivity index (χ2v) is 7.95. The normalized spacial score (nSPS) is 18.7. The fourth-order valence-corrected chi connectivity index (χ4v) is 5.68. The zero-order chi connectivity index (χ0) is 13.8. The van der Waals surface area contributed by atoms with E-state index in [-0.39, 0.29) is 21.2 Å². The van der Waals surface area contributed by atoms with Gasteiger partial charge in [0.2, 0.25) is 0 Å². The van der Waals surface area contributed by atoms with Crippen molar-refractivity contribution in [2.75, 3.05) is 0 Å². The van der Waals surface area contributed by atoms with E-state index in [2.05, 4.69) is 36.5 Å². The Kier molecular flexibility index (Phi) is 2.35. The van der Waals surface area contributed by atoms with Crippen molar-refractivity contribution in [3.05, 3.63) is 79.3 Å². The van der Waals surface area contributed by atoms with Gasteiger partial charge >= 0.3 is 133 Å². The molecule has 2 bridgehead atoms. The van der Waals surface area contributed by atoms with Gasteiger partial charge in [0.25, 0.3) is 0 Å². The van der Waals surface area contributed by atoms with Crippen LogP contribution in [0.3, 0.4) is 0 Å².